The van der Waals surface area contributed by atoms with Crippen molar-refractivity contribution in [3.8, 4) is 0 Å². The van der Waals surface area contributed by atoms with Gasteiger partial charge in [0.15, 0.2) is 5.96 Å². The molecule has 0 atom stereocenters. The fourth-order valence-electron chi connectivity index (χ4n) is 2.59. The Morgan fingerprint density at radius 1 is 1.14 bits per heavy atom. The summed E-state index contributed by atoms with van der Waals surface area (Å²) in [5.74, 6) is 1.28. The molecule has 0 radical (unpaired) electrons. The van der Waals surface area contributed by atoms with E-state index >= 15 is 0 Å². The molecule has 0 aliphatic rings. The second-order valence-electron chi connectivity index (χ2n) is 6.54. The number of guanidine groups is 1. The van der Waals surface area contributed by atoms with Gasteiger partial charge < -0.3 is 15.5 Å². The molecule has 1 aromatic heterocycles. The Balaban J connectivity index is 0.00000392. The van der Waals surface area contributed by atoms with Gasteiger partial charge in [0.2, 0.25) is 5.91 Å². The third-order valence-corrected chi connectivity index (χ3v) is 3.99. The van der Waals surface area contributed by atoms with Gasteiger partial charge in [-0.25, -0.2) is 4.98 Å². The van der Waals surface area contributed by atoms with Crippen LogP contribution in [0.1, 0.15) is 30.2 Å². The zero-order chi connectivity index (χ0) is 19.6. The number of hydrogen-bond donors (Lipinski definition) is 2. The molecule has 2 aromatic rings. The molecule has 0 aliphatic heterocycles. The summed E-state index contributed by atoms with van der Waals surface area (Å²) in [5, 5.41) is 6.09. The topological polar surface area (TPSA) is 69.6 Å². The Hall–Kier alpha value is -2.16. The molecule has 28 heavy (non-hydrogen) atoms. The maximum atomic E-state index is 12.1. The number of carbonyl (C=O) groups is 1. The van der Waals surface area contributed by atoms with Crippen LogP contribution in [-0.2, 0) is 11.3 Å². The lowest BCUT2D eigenvalue weighted by Crippen LogP contribution is -2.38. The average molecular weight is 495 g/mol. The largest absolute Gasteiger partial charge is 0.357 e. The van der Waals surface area contributed by atoms with Crippen LogP contribution in [0, 0.1) is 13.8 Å². The number of anilines is 1. The lowest BCUT2D eigenvalue weighted by Gasteiger charge is -2.22. The van der Waals surface area contributed by atoms with Crippen LogP contribution in [0.5, 0.6) is 0 Å². The number of nitrogens with zero attached hydrogens (tertiary/aromatic N) is 3. The van der Waals surface area contributed by atoms with Crippen molar-refractivity contribution in [2.75, 3.05) is 25.5 Å². The molecule has 0 bridgehead atoms. The van der Waals surface area contributed by atoms with Crippen LogP contribution in [-0.4, -0.2) is 41.9 Å². The molecule has 0 aliphatic carbocycles. The van der Waals surface area contributed by atoms with Crippen molar-refractivity contribution in [2.24, 2.45) is 4.99 Å². The van der Waals surface area contributed by atoms with Crippen LogP contribution in [0.25, 0.3) is 0 Å². The van der Waals surface area contributed by atoms with Gasteiger partial charge in [0.1, 0.15) is 5.82 Å². The second kappa shape index (κ2) is 12.3. The van der Waals surface area contributed by atoms with Crippen molar-refractivity contribution in [2.45, 2.75) is 33.7 Å². The van der Waals surface area contributed by atoms with Crippen molar-refractivity contribution in [1.82, 2.24) is 15.2 Å². The summed E-state index contributed by atoms with van der Waals surface area (Å²) >= 11 is 0. The lowest BCUT2D eigenvalue weighted by molar-refractivity contribution is -0.116. The van der Waals surface area contributed by atoms with Gasteiger partial charge in [-0.05, 0) is 38.5 Å². The summed E-state index contributed by atoms with van der Waals surface area (Å²) in [5.41, 5.74) is 3.34. The minimum atomic E-state index is -0.0890. The summed E-state index contributed by atoms with van der Waals surface area (Å²) in [6, 6.07) is 14.0. The number of rotatable bonds is 7. The first kappa shape index (κ1) is 23.9. The molecule has 2 N–H and O–H groups in total. The summed E-state index contributed by atoms with van der Waals surface area (Å²) in [7, 11) is 2.00. The van der Waals surface area contributed by atoms with Crippen molar-refractivity contribution < 1.29 is 4.79 Å². The molecule has 0 unspecified atom stereocenters. The van der Waals surface area contributed by atoms with E-state index < -0.39 is 0 Å². The number of halogens is 1. The van der Waals surface area contributed by atoms with E-state index in [-0.39, 0.29) is 29.9 Å². The van der Waals surface area contributed by atoms with E-state index in [1.54, 1.807) is 6.07 Å². The third-order valence-electron chi connectivity index (χ3n) is 3.99. The molecule has 1 heterocycles. The van der Waals surface area contributed by atoms with Gasteiger partial charge in [0.05, 0.1) is 6.54 Å². The fourth-order valence-corrected chi connectivity index (χ4v) is 2.59. The van der Waals surface area contributed by atoms with Crippen molar-refractivity contribution in [1.29, 1.82) is 0 Å². The van der Waals surface area contributed by atoms with Gasteiger partial charge in [-0.15, -0.1) is 24.0 Å². The fraction of sp³-hybridized carbons (Fsp3) is 0.381. The van der Waals surface area contributed by atoms with Crippen LogP contribution < -0.4 is 10.6 Å². The highest BCUT2D eigenvalue weighted by Crippen LogP contribution is 2.07. The van der Waals surface area contributed by atoms with Crippen molar-refractivity contribution >= 4 is 41.7 Å². The first-order valence-electron chi connectivity index (χ1n) is 9.26. The molecule has 1 amide bonds. The lowest BCUT2D eigenvalue weighted by atomic mass is 10.1. The molecular weight excluding hydrogens is 465 g/mol. The van der Waals surface area contributed by atoms with E-state index in [4.69, 9.17) is 0 Å². The van der Waals surface area contributed by atoms with E-state index in [0.29, 0.717) is 18.8 Å². The van der Waals surface area contributed by atoms with Gasteiger partial charge in [-0.1, -0.05) is 35.9 Å². The van der Waals surface area contributed by atoms with E-state index in [9.17, 15) is 4.79 Å². The van der Waals surface area contributed by atoms with Crippen LogP contribution in [0.3, 0.4) is 0 Å². The van der Waals surface area contributed by atoms with Gasteiger partial charge in [-0.3, -0.25) is 9.79 Å². The van der Waals surface area contributed by atoms with Crippen LogP contribution >= 0.6 is 24.0 Å². The standard InChI is InChI=1S/C21H29N5O.HI/c1-5-22-21(26(4)15-18-11-9-16(2)10-12-18)23-14-13-20(27)25-19-8-6-7-17(3)24-19;/h6-12H,5,13-15H2,1-4H3,(H,22,23)(H,24,25,27);1H. The highest BCUT2D eigenvalue weighted by molar-refractivity contribution is 14.0. The number of carbonyl (C=O) groups excluding carboxylic acids is 1. The predicted molar refractivity (Wildman–Crippen MR) is 126 cm³/mol. The Morgan fingerprint density at radius 3 is 2.50 bits per heavy atom. The van der Waals surface area contributed by atoms with Gasteiger partial charge in [0.25, 0.3) is 0 Å². The number of benzene rings is 1. The number of aryl methyl sites for hydroxylation is 2. The Morgan fingerprint density at radius 2 is 1.86 bits per heavy atom. The van der Waals surface area contributed by atoms with Crippen molar-refractivity contribution in [3.05, 3.63) is 59.3 Å². The highest BCUT2D eigenvalue weighted by atomic mass is 127. The molecular formula is C21H30IN5O. The summed E-state index contributed by atoms with van der Waals surface area (Å²) in [6.45, 7) is 7.95. The number of hydrogen-bond acceptors (Lipinski definition) is 3. The minimum absolute atomic E-state index is 0. The molecule has 0 saturated heterocycles. The molecule has 0 saturated carbocycles. The van der Waals surface area contributed by atoms with E-state index in [1.807, 2.05) is 33.0 Å². The number of pyridine rings is 1. The average Bonchev–Trinajstić information content (AvgIpc) is 2.63. The Labute approximate surface area is 184 Å². The monoisotopic (exact) mass is 495 g/mol. The molecule has 2 rings (SSSR count). The molecule has 6 nitrogen and oxygen atoms in total. The summed E-state index contributed by atoms with van der Waals surface area (Å²) < 4.78 is 0. The van der Waals surface area contributed by atoms with E-state index in [0.717, 1.165) is 24.7 Å². The quantitative estimate of drug-likeness (QED) is 0.349. The second-order valence-corrected chi connectivity index (χ2v) is 6.54. The summed E-state index contributed by atoms with van der Waals surface area (Å²) in [4.78, 5) is 23.0. The molecule has 7 heteroatoms. The normalized spacial score (nSPS) is 10.8. The van der Waals surface area contributed by atoms with Gasteiger partial charge in [-0.2, -0.15) is 0 Å². The first-order chi connectivity index (χ1) is 13.0. The maximum absolute atomic E-state index is 12.1. The Kier molecular flexibility index (Phi) is 10.5. The number of nitrogens with one attached hydrogen (secondary N) is 2. The molecule has 0 spiro atoms. The SMILES string of the molecule is CCNC(=NCCC(=O)Nc1cccc(C)n1)N(C)Cc1ccc(C)cc1.I. The smallest absolute Gasteiger partial charge is 0.227 e. The van der Waals surface area contributed by atoms with E-state index in [1.165, 1.54) is 11.1 Å². The van der Waals surface area contributed by atoms with Crippen molar-refractivity contribution in [3.63, 3.8) is 0 Å². The van der Waals surface area contributed by atoms with Gasteiger partial charge >= 0.3 is 0 Å². The number of aromatic nitrogens is 1. The zero-order valence-electron chi connectivity index (χ0n) is 17.0. The molecule has 152 valence electrons. The van der Waals surface area contributed by atoms with Crippen LogP contribution in [0.15, 0.2) is 47.5 Å². The Bertz CT molecular complexity index is 777. The maximum Gasteiger partial charge on any atom is 0.227 e. The van der Waals surface area contributed by atoms with Crippen LogP contribution in [0.4, 0.5) is 5.82 Å². The predicted octanol–water partition coefficient (Wildman–Crippen LogP) is 3.74. The van der Waals surface area contributed by atoms with Gasteiger partial charge in [0, 0.05) is 32.3 Å². The number of aliphatic imine (C=N–C) groups is 1. The summed E-state index contributed by atoms with van der Waals surface area (Å²) in [6.07, 6.45) is 0.308. The van der Waals surface area contributed by atoms with Crippen LogP contribution in [0.2, 0.25) is 0 Å². The number of amides is 1. The molecule has 0 fully saturated rings. The van der Waals surface area contributed by atoms with E-state index in [2.05, 4.69) is 56.7 Å². The third kappa shape index (κ3) is 8.24. The zero-order valence-corrected chi connectivity index (χ0v) is 19.4. The first-order valence-corrected chi connectivity index (χ1v) is 9.26. The minimum Gasteiger partial charge on any atom is -0.357 e. The highest BCUT2D eigenvalue weighted by Gasteiger charge is 2.08. The molecule has 1 aromatic carbocycles.